The largest absolute Gasteiger partial charge is 0.379 e. The van der Waals surface area contributed by atoms with Crippen LogP contribution in [0.4, 0.5) is 0 Å². The Morgan fingerprint density at radius 2 is 2.50 bits per heavy atom. The zero-order chi connectivity index (χ0) is 8.81. The molecule has 0 aliphatic rings. The maximum atomic E-state index is 4.99. The van der Waals surface area contributed by atoms with Crippen LogP contribution in [0.2, 0.25) is 0 Å². The molecule has 1 aromatic heterocycles. The van der Waals surface area contributed by atoms with Crippen molar-refractivity contribution in [3.8, 4) is 11.8 Å². The third kappa shape index (κ3) is 2.90. The molecule has 12 heavy (non-hydrogen) atoms. The summed E-state index contributed by atoms with van der Waals surface area (Å²) in [6.07, 6.45) is 0. The molecule has 0 spiro atoms. The minimum Gasteiger partial charge on any atom is -0.379 e. The second-order valence-electron chi connectivity index (χ2n) is 2.19. The van der Waals surface area contributed by atoms with Crippen LogP contribution < -0.4 is 0 Å². The summed E-state index contributed by atoms with van der Waals surface area (Å²) < 4.78 is 4.99. The van der Waals surface area contributed by atoms with E-state index in [2.05, 4.69) is 24.5 Å². The van der Waals surface area contributed by atoms with Crippen LogP contribution in [0.3, 0.4) is 0 Å². The minimum atomic E-state index is 0.607. The van der Waals surface area contributed by atoms with Gasteiger partial charge in [0.15, 0.2) is 0 Å². The van der Waals surface area contributed by atoms with Gasteiger partial charge in [-0.15, -0.1) is 11.3 Å². The molecule has 0 unspecified atom stereocenters. The van der Waals surface area contributed by atoms with Crippen LogP contribution in [0.25, 0.3) is 0 Å². The Morgan fingerprint density at radius 3 is 3.17 bits per heavy atom. The van der Waals surface area contributed by atoms with Crippen molar-refractivity contribution in [3.05, 3.63) is 21.9 Å². The van der Waals surface area contributed by atoms with Crippen molar-refractivity contribution in [2.45, 2.75) is 6.61 Å². The molecule has 1 heterocycles. The lowest BCUT2D eigenvalue weighted by molar-refractivity contribution is 0.187. The average molecular weight is 198 g/mol. The summed E-state index contributed by atoms with van der Waals surface area (Å²) in [5.74, 6) is 6.51. The second kappa shape index (κ2) is 5.26. The van der Waals surface area contributed by atoms with Crippen molar-refractivity contribution in [2.24, 2.45) is 0 Å². The Kier molecular flexibility index (Phi) is 4.23. The predicted molar refractivity (Wildman–Crippen MR) is 55.8 cm³/mol. The molecule has 0 aliphatic carbocycles. The van der Waals surface area contributed by atoms with Crippen LogP contribution >= 0.6 is 24.0 Å². The fraction of sp³-hybridized carbons (Fsp3) is 0.333. The van der Waals surface area contributed by atoms with Gasteiger partial charge in [-0.25, -0.2) is 0 Å². The molecule has 0 atom stereocenters. The summed E-state index contributed by atoms with van der Waals surface area (Å²) >= 11 is 5.68. The van der Waals surface area contributed by atoms with Gasteiger partial charge in [-0.1, -0.05) is 11.8 Å². The molecule has 0 aliphatic heterocycles. The van der Waals surface area contributed by atoms with Crippen LogP contribution in [0.15, 0.2) is 11.4 Å². The molecule has 1 rings (SSSR count). The lowest BCUT2D eigenvalue weighted by Crippen LogP contribution is -1.80. The lowest BCUT2D eigenvalue weighted by atomic mass is 10.3. The van der Waals surface area contributed by atoms with Gasteiger partial charge in [0.2, 0.25) is 0 Å². The van der Waals surface area contributed by atoms with Crippen LogP contribution in [0, 0.1) is 11.8 Å². The number of thiol groups is 1. The van der Waals surface area contributed by atoms with Gasteiger partial charge in [0.05, 0.1) is 12.4 Å². The Balaban J connectivity index is 2.64. The quantitative estimate of drug-likeness (QED) is 0.566. The highest BCUT2D eigenvalue weighted by atomic mass is 32.1. The Morgan fingerprint density at radius 1 is 1.67 bits per heavy atom. The first-order valence-corrected chi connectivity index (χ1v) is 5.04. The molecule has 0 bridgehead atoms. The van der Waals surface area contributed by atoms with E-state index in [1.807, 2.05) is 11.4 Å². The second-order valence-corrected chi connectivity index (χ2v) is 3.51. The summed E-state index contributed by atoms with van der Waals surface area (Å²) in [6.45, 7) is 0.674. The van der Waals surface area contributed by atoms with E-state index in [0.29, 0.717) is 12.4 Å². The van der Waals surface area contributed by atoms with Gasteiger partial charge in [-0.2, -0.15) is 12.6 Å². The Bertz CT molecular complexity index is 293. The maximum Gasteiger partial charge on any atom is 0.0806 e. The van der Waals surface area contributed by atoms with E-state index in [-0.39, 0.29) is 0 Å². The first-order chi connectivity index (χ1) is 5.86. The number of ether oxygens (including phenoxy) is 1. The third-order valence-corrected chi connectivity index (χ3v) is 2.32. The van der Waals surface area contributed by atoms with Crippen LogP contribution in [0.1, 0.15) is 10.4 Å². The van der Waals surface area contributed by atoms with Crippen LogP contribution in [-0.4, -0.2) is 12.9 Å². The van der Waals surface area contributed by atoms with Crippen molar-refractivity contribution in [2.75, 3.05) is 12.9 Å². The Labute approximate surface area is 82.2 Å². The van der Waals surface area contributed by atoms with Crippen molar-refractivity contribution < 1.29 is 4.74 Å². The van der Waals surface area contributed by atoms with Gasteiger partial charge in [0.25, 0.3) is 0 Å². The van der Waals surface area contributed by atoms with Gasteiger partial charge >= 0.3 is 0 Å². The van der Waals surface area contributed by atoms with Crippen molar-refractivity contribution in [1.82, 2.24) is 0 Å². The van der Waals surface area contributed by atoms with Gasteiger partial charge in [-0.05, 0) is 6.07 Å². The average Bonchev–Trinajstić information content (AvgIpc) is 2.50. The van der Waals surface area contributed by atoms with E-state index in [1.54, 1.807) is 18.4 Å². The third-order valence-electron chi connectivity index (χ3n) is 1.25. The predicted octanol–water partition coefficient (Wildman–Crippen LogP) is 2.18. The summed E-state index contributed by atoms with van der Waals surface area (Å²) in [6, 6.07) is 2.05. The van der Waals surface area contributed by atoms with Crippen molar-refractivity contribution in [1.29, 1.82) is 0 Å². The summed E-state index contributed by atoms with van der Waals surface area (Å²) in [5, 5.41) is 2.03. The standard InChI is InChI=1S/C9H10OS2/c1-10-6-9-5-8(7-12-9)3-2-4-11/h5,7,11H,4,6H2,1H3. The maximum absolute atomic E-state index is 4.99. The van der Waals surface area contributed by atoms with Gasteiger partial charge < -0.3 is 4.74 Å². The first-order valence-electron chi connectivity index (χ1n) is 3.53. The fourth-order valence-electron chi connectivity index (χ4n) is 0.806. The van der Waals surface area contributed by atoms with E-state index in [4.69, 9.17) is 4.74 Å². The van der Waals surface area contributed by atoms with E-state index < -0.39 is 0 Å². The molecule has 0 amide bonds. The molecular weight excluding hydrogens is 188 g/mol. The van der Waals surface area contributed by atoms with Crippen LogP contribution in [0.5, 0.6) is 0 Å². The number of hydrogen-bond donors (Lipinski definition) is 1. The minimum absolute atomic E-state index is 0.607. The Hall–Kier alpha value is -0.430. The molecule has 1 aromatic rings. The van der Waals surface area contributed by atoms with E-state index in [9.17, 15) is 0 Å². The molecule has 0 fully saturated rings. The van der Waals surface area contributed by atoms with Crippen LogP contribution in [-0.2, 0) is 11.3 Å². The van der Waals surface area contributed by atoms with Gasteiger partial charge in [0.1, 0.15) is 0 Å². The summed E-state index contributed by atoms with van der Waals surface area (Å²) in [5.41, 5.74) is 1.06. The molecule has 0 saturated carbocycles. The van der Waals surface area contributed by atoms with Gasteiger partial charge in [0, 0.05) is 22.9 Å². The molecule has 1 nitrogen and oxygen atoms in total. The highest BCUT2D eigenvalue weighted by Crippen LogP contribution is 2.14. The molecule has 0 N–H and O–H groups in total. The van der Waals surface area contributed by atoms with Gasteiger partial charge in [-0.3, -0.25) is 0 Å². The molecule has 0 saturated heterocycles. The fourth-order valence-corrected chi connectivity index (χ4v) is 1.67. The number of methoxy groups -OCH3 is 1. The van der Waals surface area contributed by atoms with Crippen molar-refractivity contribution in [3.63, 3.8) is 0 Å². The lowest BCUT2D eigenvalue weighted by Gasteiger charge is -1.89. The van der Waals surface area contributed by atoms with E-state index >= 15 is 0 Å². The normalized spacial score (nSPS) is 9.17. The highest BCUT2D eigenvalue weighted by Gasteiger charge is 1.95. The highest BCUT2D eigenvalue weighted by molar-refractivity contribution is 7.80. The molecule has 0 radical (unpaired) electrons. The molecule has 0 aromatic carbocycles. The molecule has 3 heteroatoms. The number of thiophene rings is 1. The zero-order valence-electron chi connectivity index (χ0n) is 6.83. The monoisotopic (exact) mass is 198 g/mol. The molecular formula is C9H10OS2. The van der Waals surface area contributed by atoms with E-state index in [1.165, 1.54) is 4.88 Å². The topological polar surface area (TPSA) is 9.23 Å². The smallest absolute Gasteiger partial charge is 0.0806 e. The number of hydrogen-bond acceptors (Lipinski definition) is 3. The zero-order valence-corrected chi connectivity index (χ0v) is 8.54. The summed E-state index contributed by atoms with van der Waals surface area (Å²) in [7, 11) is 1.69. The van der Waals surface area contributed by atoms with Crippen molar-refractivity contribution >= 4 is 24.0 Å². The van der Waals surface area contributed by atoms with E-state index in [0.717, 1.165) is 5.56 Å². The number of rotatable bonds is 2. The first kappa shape index (κ1) is 9.66. The SMILES string of the molecule is COCc1cc(C#CCS)cs1. The summed E-state index contributed by atoms with van der Waals surface area (Å²) in [4.78, 5) is 1.21. The molecule has 64 valence electrons.